The van der Waals surface area contributed by atoms with Crippen molar-refractivity contribution in [2.45, 2.75) is 19.3 Å². The van der Waals surface area contributed by atoms with Crippen molar-refractivity contribution in [3.8, 4) is 5.88 Å². The fourth-order valence-electron chi connectivity index (χ4n) is 2.37. The molecule has 0 bridgehead atoms. The first kappa shape index (κ1) is 13.4. The van der Waals surface area contributed by atoms with Gasteiger partial charge in [-0.25, -0.2) is 4.68 Å². The monoisotopic (exact) mass is 267 g/mol. The van der Waals surface area contributed by atoms with Crippen LogP contribution >= 0.6 is 0 Å². The lowest BCUT2D eigenvalue weighted by atomic mass is 10.0. The second-order valence-electron chi connectivity index (χ2n) is 4.73. The van der Waals surface area contributed by atoms with Gasteiger partial charge in [-0.15, -0.1) is 0 Å². The molecule has 7 heteroatoms. The Bertz CT molecular complexity index is 497. The van der Waals surface area contributed by atoms with Gasteiger partial charge in [0.2, 0.25) is 11.8 Å². The maximum Gasteiger partial charge on any atom is 0.306 e. The second kappa shape index (κ2) is 5.29. The van der Waals surface area contributed by atoms with E-state index in [1.807, 2.05) is 0 Å². The lowest BCUT2D eigenvalue weighted by Gasteiger charge is -2.08. The molecule has 1 aromatic rings. The van der Waals surface area contributed by atoms with Gasteiger partial charge >= 0.3 is 5.97 Å². The molecule has 7 nitrogen and oxygen atoms in total. The number of carbonyl (C=O) groups excluding carboxylic acids is 1. The van der Waals surface area contributed by atoms with E-state index in [2.05, 4.69) is 10.4 Å². The van der Waals surface area contributed by atoms with E-state index in [0.717, 1.165) is 0 Å². The molecular formula is C12H17N3O4. The summed E-state index contributed by atoms with van der Waals surface area (Å²) in [5, 5.41) is 15.7. The molecule has 0 aromatic carbocycles. The zero-order valence-corrected chi connectivity index (χ0v) is 10.9. The standard InChI is InChI=1S/C12H17N3O4/c1-15-10(19-2)6-9(14-15)13-11(16)7-3-4-8(5-7)12(17)18/h6-8H,3-5H2,1-2H3,(H,17,18)(H,13,14,16). The highest BCUT2D eigenvalue weighted by atomic mass is 16.5. The number of methoxy groups -OCH3 is 1. The number of ether oxygens (including phenoxy) is 1. The van der Waals surface area contributed by atoms with Crippen LogP contribution < -0.4 is 10.1 Å². The maximum absolute atomic E-state index is 12.0. The first-order valence-corrected chi connectivity index (χ1v) is 6.13. The van der Waals surface area contributed by atoms with Crippen LogP contribution in [0.25, 0.3) is 0 Å². The number of aryl methyl sites for hydroxylation is 1. The molecule has 1 heterocycles. The number of aromatic nitrogens is 2. The summed E-state index contributed by atoms with van der Waals surface area (Å²) in [6, 6.07) is 1.63. The van der Waals surface area contributed by atoms with E-state index in [9.17, 15) is 9.59 Å². The van der Waals surface area contributed by atoms with Crippen molar-refractivity contribution in [3.63, 3.8) is 0 Å². The largest absolute Gasteiger partial charge is 0.481 e. The summed E-state index contributed by atoms with van der Waals surface area (Å²) in [5.74, 6) is -0.698. The van der Waals surface area contributed by atoms with Crippen molar-refractivity contribution >= 4 is 17.7 Å². The van der Waals surface area contributed by atoms with Gasteiger partial charge in [0.1, 0.15) is 0 Å². The number of rotatable bonds is 4. The average Bonchev–Trinajstić information content (AvgIpc) is 2.95. The highest BCUT2D eigenvalue weighted by Crippen LogP contribution is 2.32. The molecule has 2 atom stereocenters. The van der Waals surface area contributed by atoms with Gasteiger partial charge in [-0.1, -0.05) is 0 Å². The third-order valence-electron chi connectivity index (χ3n) is 3.45. The minimum atomic E-state index is -0.824. The Hall–Kier alpha value is -2.05. The van der Waals surface area contributed by atoms with Crippen LogP contribution in [0, 0.1) is 11.8 Å². The number of nitrogens with zero attached hydrogens (tertiary/aromatic N) is 2. The fourth-order valence-corrected chi connectivity index (χ4v) is 2.37. The zero-order chi connectivity index (χ0) is 14.0. The molecule has 1 aliphatic carbocycles. The topological polar surface area (TPSA) is 93.4 Å². The van der Waals surface area contributed by atoms with Gasteiger partial charge in [0.15, 0.2) is 5.82 Å². The summed E-state index contributed by atoms with van der Waals surface area (Å²) < 4.78 is 6.57. The predicted octanol–water partition coefficient (Wildman–Crippen LogP) is 0.868. The molecule has 1 aromatic heterocycles. The van der Waals surface area contributed by atoms with Crippen LogP contribution in [0.1, 0.15) is 19.3 Å². The molecule has 2 N–H and O–H groups in total. The number of nitrogens with one attached hydrogen (secondary N) is 1. The summed E-state index contributed by atoms with van der Waals surface area (Å²) >= 11 is 0. The molecule has 2 rings (SSSR count). The lowest BCUT2D eigenvalue weighted by molar-refractivity contribution is -0.141. The third kappa shape index (κ3) is 2.86. The van der Waals surface area contributed by atoms with Crippen molar-refractivity contribution in [1.82, 2.24) is 9.78 Å². The van der Waals surface area contributed by atoms with Crippen LogP contribution in [0.2, 0.25) is 0 Å². The van der Waals surface area contributed by atoms with Gasteiger partial charge in [0, 0.05) is 19.0 Å². The Morgan fingerprint density at radius 3 is 2.68 bits per heavy atom. The fraction of sp³-hybridized carbons (Fsp3) is 0.583. The van der Waals surface area contributed by atoms with Crippen molar-refractivity contribution in [1.29, 1.82) is 0 Å². The Labute approximate surface area is 110 Å². The number of hydrogen-bond acceptors (Lipinski definition) is 4. The SMILES string of the molecule is COc1cc(NC(=O)C2CCC(C(=O)O)C2)nn1C. The van der Waals surface area contributed by atoms with Gasteiger partial charge in [0.25, 0.3) is 0 Å². The van der Waals surface area contributed by atoms with Crippen molar-refractivity contribution in [2.75, 3.05) is 12.4 Å². The van der Waals surface area contributed by atoms with E-state index in [1.165, 1.54) is 11.8 Å². The van der Waals surface area contributed by atoms with E-state index < -0.39 is 11.9 Å². The number of anilines is 1. The average molecular weight is 267 g/mol. The van der Waals surface area contributed by atoms with Gasteiger partial charge in [-0.05, 0) is 19.3 Å². The first-order valence-electron chi connectivity index (χ1n) is 6.13. The van der Waals surface area contributed by atoms with Crippen LogP contribution in [0.5, 0.6) is 5.88 Å². The number of carboxylic acids is 1. The zero-order valence-electron chi connectivity index (χ0n) is 10.9. The predicted molar refractivity (Wildman–Crippen MR) is 66.9 cm³/mol. The van der Waals surface area contributed by atoms with Gasteiger partial charge < -0.3 is 15.2 Å². The molecule has 0 aliphatic heterocycles. The Morgan fingerprint density at radius 1 is 1.47 bits per heavy atom. The molecule has 1 fully saturated rings. The molecule has 0 saturated heterocycles. The summed E-state index contributed by atoms with van der Waals surface area (Å²) in [6.07, 6.45) is 1.55. The van der Waals surface area contributed by atoms with Crippen LogP contribution in [0.4, 0.5) is 5.82 Å². The third-order valence-corrected chi connectivity index (χ3v) is 3.45. The van der Waals surface area contributed by atoms with E-state index in [1.54, 1.807) is 13.1 Å². The van der Waals surface area contributed by atoms with Crippen molar-refractivity contribution < 1.29 is 19.4 Å². The van der Waals surface area contributed by atoms with Crippen LogP contribution in [-0.4, -0.2) is 33.9 Å². The van der Waals surface area contributed by atoms with Crippen LogP contribution in [0.15, 0.2) is 6.07 Å². The van der Waals surface area contributed by atoms with Gasteiger partial charge in [0.05, 0.1) is 13.0 Å². The maximum atomic E-state index is 12.0. The molecule has 0 spiro atoms. The summed E-state index contributed by atoms with van der Waals surface area (Å²) in [4.78, 5) is 22.8. The molecule has 1 aliphatic rings. The number of amides is 1. The summed E-state index contributed by atoms with van der Waals surface area (Å²) in [6.45, 7) is 0. The second-order valence-corrected chi connectivity index (χ2v) is 4.73. The van der Waals surface area contributed by atoms with E-state index in [0.29, 0.717) is 31.0 Å². The lowest BCUT2D eigenvalue weighted by Crippen LogP contribution is -2.22. The summed E-state index contributed by atoms with van der Waals surface area (Å²) in [7, 11) is 3.24. The van der Waals surface area contributed by atoms with Gasteiger partial charge in [-0.3, -0.25) is 9.59 Å². The smallest absolute Gasteiger partial charge is 0.306 e. The minimum Gasteiger partial charge on any atom is -0.481 e. The van der Waals surface area contributed by atoms with Gasteiger partial charge in [-0.2, -0.15) is 5.10 Å². The van der Waals surface area contributed by atoms with E-state index in [4.69, 9.17) is 9.84 Å². The first-order chi connectivity index (χ1) is 9.01. The quantitative estimate of drug-likeness (QED) is 0.844. The highest BCUT2D eigenvalue weighted by molar-refractivity contribution is 5.92. The van der Waals surface area contributed by atoms with E-state index in [-0.39, 0.29) is 11.8 Å². The summed E-state index contributed by atoms with van der Waals surface area (Å²) in [5.41, 5.74) is 0. The Morgan fingerprint density at radius 2 is 2.16 bits per heavy atom. The normalized spacial score (nSPS) is 22.2. The van der Waals surface area contributed by atoms with Crippen LogP contribution in [-0.2, 0) is 16.6 Å². The van der Waals surface area contributed by atoms with Crippen molar-refractivity contribution in [3.05, 3.63) is 6.07 Å². The number of hydrogen-bond donors (Lipinski definition) is 2. The molecule has 1 saturated carbocycles. The molecule has 1 amide bonds. The highest BCUT2D eigenvalue weighted by Gasteiger charge is 2.34. The van der Waals surface area contributed by atoms with Crippen LogP contribution in [0.3, 0.4) is 0 Å². The Balaban J connectivity index is 1.96. The number of aliphatic carboxylic acids is 1. The van der Waals surface area contributed by atoms with Crippen molar-refractivity contribution in [2.24, 2.45) is 18.9 Å². The molecular weight excluding hydrogens is 250 g/mol. The molecule has 0 radical (unpaired) electrons. The number of carbonyl (C=O) groups is 2. The van der Waals surface area contributed by atoms with E-state index >= 15 is 0 Å². The minimum absolute atomic E-state index is 0.176. The number of carboxylic acid groups (broad SMARTS) is 1. The Kier molecular flexibility index (Phi) is 3.73. The molecule has 2 unspecified atom stereocenters. The molecule has 104 valence electrons. The molecule has 19 heavy (non-hydrogen) atoms.